The summed E-state index contributed by atoms with van der Waals surface area (Å²) in [6.45, 7) is 8.44. The SMILES string of the molecule is CCC(CCC(C#N)(c1ccccc1F)C(C)C)N(C)C(C)c1ccccc1. The second-order valence-electron chi connectivity index (χ2n) is 8.07. The molecule has 3 heteroatoms. The van der Waals surface area contributed by atoms with Gasteiger partial charge in [-0.05, 0) is 50.8 Å². The fourth-order valence-electron chi connectivity index (χ4n) is 4.18. The summed E-state index contributed by atoms with van der Waals surface area (Å²) in [5, 5.41) is 10.1. The smallest absolute Gasteiger partial charge is 0.128 e. The van der Waals surface area contributed by atoms with Crippen molar-refractivity contribution in [3.8, 4) is 6.07 Å². The molecule has 3 atom stereocenters. The van der Waals surface area contributed by atoms with E-state index in [1.165, 1.54) is 11.6 Å². The normalized spacial score (nSPS) is 15.8. The minimum atomic E-state index is -0.810. The topological polar surface area (TPSA) is 27.0 Å². The third-order valence-corrected chi connectivity index (χ3v) is 6.35. The van der Waals surface area contributed by atoms with Crippen molar-refractivity contribution in [1.82, 2.24) is 4.90 Å². The number of nitrogens with zero attached hydrogens (tertiary/aromatic N) is 2. The lowest BCUT2D eigenvalue weighted by Gasteiger charge is -2.37. The highest BCUT2D eigenvalue weighted by atomic mass is 19.1. The van der Waals surface area contributed by atoms with Gasteiger partial charge in [-0.1, -0.05) is 69.3 Å². The molecule has 0 fully saturated rings. The van der Waals surface area contributed by atoms with Crippen molar-refractivity contribution in [2.75, 3.05) is 7.05 Å². The first-order valence-corrected chi connectivity index (χ1v) is 10.3. The van der Waals surface area contributed by atoms with E-state index >= 15 is 0 Å². The van der Waals surface area contributed by atoms with Crippen LogP contribution in [0, 0.1) is 23.1 Å². The third kappa shape index (κ3) is 4.62. The molecule has 2 nitrogen and oxygen atoms in total. The molecule has 28 heavy (non-hydrogen) atoms. The zero-order chi connectivity index (χ0) is 20.7. The Morgan fingerprint density at radius 2 is 1.64 bits per heavy atom. The Labute approximate surface area is 170 Å². The summed E-state index contributed by atoms with van der Waals surface area (Å²) in [4.78, 5) is 2.39. The Morgan fingerprint density at radius 1 is 1.04 bits per heavy atom. The summed E-state index contributed by atoms with van der Waals surface area (Å²) >= 11 is 0. The summed E-state index contributed by atoms with van der Waals surface area (Å²) in [5.41, 5.74) is 1.00. The number of rotatable bonds is 9. The van der Waals surface area contributed by atoms with E-state index in [4.69, 9.17) is 0 Å². The van der Waals surface area contributed by atoms with Crippen molar-refractivity contribution in [3.63, 3.8) is 0 Å². The number of hydrogen-bond acceptors (Lipinski definition) is 2. The van der Waals surface area contributed by atoms with Crippen LogP contribution in [0.25, 0.3) is 0 Å². The highest BCUT2D eigenvalue weighted by Crippen LogP contribution is 2.39. The van der Waals surface area contributed by atoms with Gasteiger partial charge in [-0.25, -0.2) is 4.39 Å². The van der Waals surface area contributed by atoms with Crippen LogP contribution in [0.4, 0.5) is 4.39 Å². The van der Waals surface area contributed by atoms with Crippen molar-refractivity contribution >= 4 is 0 Å². The summed E-state index contributed by atoms with van der Waals surface area (Å²) in [6.07, 6.45) is 2.49. The fourth-order valence-corrected chi connectivity index (χ4v) is 4.18. The van der Waals surface area contributed by atoms with E-state index in [9.17, 15) is 9.65 Å². The van der Waals surface area contributed by atoms with Crippen LogP contribution in [0.3, 0.4) is 0 Å². The summed E-state index contributed by atoms with van der Waals surface area (Å²) < 4.78 is 14.6. The number of halogens is 1. The van der Waals surface area contributed by atoms with Gasteiger partial charge >= 0.3 is 0 Å². The van der Waals surface area contributed by atoms with Gasteiger partial charge in [0.15, 0.2) is 0 Å². The van der Waals surface area contributed by atoms with Crippen LogP contribution in [0.15, 0.2) is 54.6 Å². The molecule has 0 saturated carbocycles. The zero-order valence-corrected chi connectivity index (χ0v) is 17.8. The molecule has 0 aliphatic carbocycles. The van der Waals surface area contributed by atoms with Gasteiger partial charge in [-0.2, -0.15) is 5.26 Å². The molecule has 0 bridgehead atoms. The maximum Gasteiger partial charge on any atom is 0.128 e. The zero-order valence-electron chi connectivity index (χ0n) is 17.8. The monoisotopic (exact) mass is 380 g/mol. The van der Waals surface area contributed by atoms with Crippen molar-refractivity contribution < 1.29 is 4.39 Å². The van der Waals surface area contributed by atoms with Gasteiger partial charge in [0.05, 0.1) is 11.5 Å². The number of hydrogen-bond donors (Lipinski definition) is 0. The van der Waals surface area contributed by atoms with E-state index in [0.29, 0.717) is 18.0 Å². The molecule has 2 aromatic carbocycles. The highest BCUT2D eigenvalue weighted by Gasteiger charge is 2.38. The van der Waals surface area contributed by atoms with Crippen LogP contribution in [0.2, 0.25) is 0 Å². The van der Waals surface area contributed by atoms with Gasteiger partial charge in [0, 0.05) is 17.6 Å². The van der Waals surface area contributed by atoms with Gasteiger partial charge in [0.2, 0.25) is 0 Å². The third-order valence-electron chi connectivity index (χ3n) is 6.35. The maximum atomic E-state index is 14.6. The molecule has 0 aromatic heterocycles. The van der Waals surface area contributed by atoms with Crippen LogP contribution >= 0.6 is 0 Å². The molecule has 0 aliphatic rings. The molecule has 0 radical (unpaired) electrons. The Morgan fingerprint density at radius 3 is 2.18 bits per heavy atom. The minimum absolute atomic E-state index is 0.0313. The molecule has 0 amide bonds. The van der Waals surface area contributed by atoms with Gasteiger partial charge in [-0.15, -0.1) is 0 Å². The van der Waals surface area contributed by atoms with E-state index in [0.717, 1.165) is 12.8 Å². The first-order chi connectivity index (χ1) is 13.4. The Bertz CT molecular complexity index is 781. The van der Waals surface area contributed by atoms with Crippen LogP contribution < -0.4 is 0 Å². The first kappa shape index (κ1) is 22.1. The van der Waals surface area contributed by atoms with Gasteiger partial charge in [0.25, 0.3) is 0 Å². The standard InChI is InChI=1S/C25H33FN2/c1-6-22(28(5)20(4)21-12-8-7-9-13-21)16-17-25(18-27,19(2)3)23-14-10-11-15-24(23)26/h7-15,19-20,22H,6,16-17H2,1-5H3. The lowest BCUT2D eigenvalue weighted by Crippen LogP contribution is -2.38. The summed E-state index contributed by atoms with van der Waals surface area (Å²) in [7, 11) is 2.15. The Hall–Kier alpha value is -2.18. The van der Waals surface area contributed by atoms with E-state index in [1.807, 2.05) is 26.0 Å². The largest absolute Gasteiger partial charge is 0.297 e. The highest BCUT2D eigenvalue weighted by molar-refractivity contribution is 5.34. The molecule has 0 heterocycles. The lowest BCUT2D eigenvalue weighted by molar-refractivity contribution is 0.158. The maximum absolute atomic E-state index is 14.6. The predicted molar refractivity (Wildman–Crippen MR) is 114 cm³/mol. The molecule has 0 aliphatic heterocycles. The lowest BCUT2D eigenvalue weighted by atomic mass is 9.69. The first-order valence-electron chi connectivity index (χ1n) is 10.3. The fraction of sp³-hybridized carbons (Fsp3) is 0.480. The molecule has 150 valence electrons. The van der Waals surface area contributed by atoms with Gasteiger partial charge in [0.1, 0.15) is 5.82 Å². The van der Waals surface area contributed by atoms with Gasteiger partial charge in [-0.3, -0.25) is 4.90 Å². The average Bonchev–Trinajstić information content (AvgIpc) is 2.72. The van der Waals surface area contributed by atoms with Gasteiger partial charge < -0.3 is 0 Å². The molecular weight excluding hydrogens is 347 g/mol. The van der Waals surface area contributed by atoms with Crippen molar-refractivity contribution in [1.29, 1.82) is 5.26 Å². The van der Waals surface area contributed by atoms with E-state index in [-0.39, 0.29) is 17.8 Å². The Balaban J connectivity index is 2.23. The number of benzene rings is 2. The molecule has 2 aromatic rings. The van der Waals surface area contributed by atoms with E-state index < -0.39 is 5.41 Å². The average molecular weight is 381 g/mol. The second-order valence-corrected chi connectivity index (χ2v) is 8.07. The predicted octanol–water partition coefficient (Wildman–Crippen LogP) is 6.49. The Kier molecular flexibility index (Phi) is 7.78. The van der Waals surface area contributed by atoms with Crippen molar-refractivity contribution in [2.24, 2.45) is 5.92 Å². The van der Waals surface area contributed by atoms with Crippen molar-refractivity contribution in [2.45, 2.75) is 64.5 Å². The molecular formula is C25H33FN2. The second kappa shape index (κ2) is 9.85. The summed E-state index contributed by atoms with van der Waals surface area (Å²) in [5.74, 6) is -0.249. The van der Waals surface area contributed by atoms with Crippen molar-refractivity contribution in [3.05, 3.63) is 71.5 Å². The van der Waals surface area contributed by atoms with Crippen LogP contribution in [0.1, 0.15) is 64.1 Å². The van der Waals surface area contributed by atoms with Crippen LogP contribution in [0.5, 0.6) is 0 Å². The molecule has 0 N–H and O–H groups in total. The molecule has 0 spiro atoms. The van der Waals surface area contributed by atoms with Crippen LogP contribution in [-0.2, 0) is 5.41 Å². The van der Waals surface area contributed by atoms with Crippen LogP contribution in [-0.4, -0.2) is 18.0 Å². The number of nitriles is 1. The molecule has 2 rings (SSSR count). The van der Waals surface area contributed by atoms with E-state index in [2.05, 4.69) is 56.1 Å². The quantitative estimate of drug-likeness (QED) is 0.497. The van der Waals surface area contributed by atoms with E-state index in [1.54, 1.807) is 12.1 Å². The molecule has 3 unspecified atom stereocenters. The summed E-state index contributed by atoms with van der Waals surface area (Å²) in [6, 6.07) is 20.3. The molecule has 0 saturated heterocycles. The minimum Gasteiger partial charge on any atom is -0.297 e.